The highest BCUT2D eigenvalue weighted by Gasteiger charge is 2.29. The summed E-state index contributed by atoms with van der Waals surface area (Å²) >= 11 is 0. The lowest BCUT2D eigenvalue weighted by molar-refractivity contribution is -0.697. The molecule has 0 radical (unpaired) electrons. The first-order chi connectivity index (χ1) is 26.0. The third-order valence-electron chi connectivity index (χ3n) is 9.07. The average Bonchev–Trinajstić information content (AvgIpc) is 3.17. The van der Waals surface area contributed by atoms with E-state index in [2.05, 4.69) is 119 Å². The van der Waals surface area contributed by atoms with Crippen LogP contribution in [-0.4, -0.2) is 37.7 Å². The minimum absolute atomic E-state index is 0.333. The van der Waals surface area contributed by atoms with E-state index in [1.165, 1.54) is 32.1 Å². The van der Waals surface area contributed by atoms with E-state index in [1.54, 1.807) is 48.5 Å². The van der Waals surface area contributed by atoms with Gasteiger partial charge >= 0.3 is 0 Å². The number of aromatic nitrogens is 2. The molecule has 0 bridgehead atoms. The maximum atomic E-state index is 11.3. The summed E-state index contributed by atoms with van der Waals surface area (Å²) in [5.74, 6) is -1.61. The summed E-state index contributed by atoms with van der Waals surface area (Å²) in [5, 5.41) is 0. The molecule has 0 unspecified atom stereocenters. The minimum atomic E-state index is -4.58. The lowest BCUT2D eigenvalue weighted by atomic mass is 10.1. The highest BCUT2D eigenvalue weighted by Crippen LogP contribution is 2.47. The van der Waals surface area contributed by atoms with Gasteiger partial charge in [0.1, 0.15) is 45.1 Å². The Bertz CT molecular complexity index is 2130. The van der Waals surface area contributed by atoms with Crippen molar-refractivity contribution >= 4 is 43.0 Å². The molecule has 4 aromatic carbocycles. The molecule has 7 rings (SSSR count). The molecule has 12 heteroatoms. The van der Waals surface area contributed by atoms with Gasteiger partial charge in [0.25, 0.3) is 0 Å². The Morgan fingerprint density at radius 3 is 1.02 bits per heavy atom. The first-order valence-electron chi connectivity index (χ1n) is 17.7. The van der Waals surface area contributed by atoms with E-state index in [9.17, 15) is 25.9 Å². The van der Waals surface area contributed by atoms with Crippen molar-refractivity contribution in [2.75, 3.05) is 21.6 Å². The van der Waals surface area contributed by atoms with Gasteiger partial charge in [-0.1, -0.05) is 84.9 Å². The number of pyridine rings is 2. The molecule has 0 spiro atoms. The second-order valence-electron chi connectivity index (χ2n) is 13.0. The van der Waals surface area contributed by atoms with Crippen LogP contribution in [-0.2, 0) is 46.2 Å². The highest BCUT2D eigenvalue weighted by atomic mass is 32.2. The number of fused-ring (bicyclic) bond motifs is 2. The smallest absolute Gasteiger partial charge is 0.169 e. The van der Waals surface area contributed by atoms with E-state index < -0.39 is 32.0 Å². The van der Waals surface area contributed by atoms with Crippen molar-refractivity contribution in [2.24, 2.45) is 0 Å². The van der Waals surface area contributed by atoms with Crippen molar-refractivity contribution < 1.29 is 35.1 Å². The molecule has 0 amide bonds. The summed E-state index contributed by atoms with van der Waals surface area (Å²) in [4.78, 5) is 2.59. The van der Waals surface area contributed by atoms with E-state index in [0.717, 1.165) is 38.8 Å². The molecule has 0 fully saturated rings. The number of benzene rings is 4. The van der Waals surface area contributed by atoms with Crippen LogP contribution in [0.1, 0.15) is 24.0 Å². The second kappa shape index (κ2) is 17.6. The number of para-hydroxylation sites is 4. The van der Waals surface area contributed by atoms with Gasteiger partial charge in [0.15, 0.2) is 24.8 Å². The first-order valence-corrected chi connectivity index (χ1v) is 20.8. The van der Waals surface area contributed by atoms with Crippen molar-refractivity contribution in [1.82, 2.24) is 0 Å². The van der Waals surface area contributed by atoms with Gasteiger partial charge in [-0.15, -0.1) is 0 Å². The zero-order valence-electron chi connectivity index (χ0n) is 29.7. The monoisotopic (exact) mass is 762 g/mol. The zero-order chi connectivity index (χ0) is 38.0. The molecule has 6 aromatic rings. The third-order valence-corrected chi connectivity index (χ3v) is 10.2. The Labute approximate surface area is 317 Å². The summed E-state index contributed by atoms with van der Waals surface area (Å²) in [6.45, 7) is 2.09. The molecule has 3 heterocycles. The van der Waals surface area contributed by atoms with Gasteiger partial charge in [-0.25, -0.2) is 26.0 Å². The van der Waals surface area contributed by atoms with E-state index in [-0.39, 0.29) is 0 Å². The van der Waals surface area contributed by atoms with Gasteiger partial charge in [0.05, 0.1) is 22.7 Å². The fraction of sp³-hybridized carbons (Fsp3) is 0.190. The quantitative estimate of drug-likeness (QED) is 0.0967. The Balaban J connectivity index is 0.000000189. The summed E-state index contributed by atoms with van der Waals surface area (Å²) in [5.41, 5.74) is 6.70. The Hall–Kier alpha value is -5.40. The second-order valence-corrected chi connectivity index (χ2v) is 15.8. The first kappa shape index (κ1) is 38.3. The summed E-state index contributed by atoms with van der Waals surface area (Å²) in [6.07, 6.45) is 13.3. The average molecular weight is 763 g/mol. The van der Waals surface area contributed by atoms with Crippen LogP contribution in [0.3, 0.4) is 0 Å². The molecule has 54 heavy (non-hydrogen) atoms. The predicted octanol–water partition coefficient (Wildman–Crippen LogP) is 6.48. The normalized spacial score (nSPS) is 12.3. The van der Waals surface area contributed by atoms with Gasteiger partial charge < -0.3 is 18.9 Å². The molecule has 0 N–H and O–H groups in total. The Morgan fingerprint density at radius 1 is 0.426 bits per heavy atom. The van der Waals surface area contributed by atoms with Crippen LogP contribution in [0.2, 0.25) is 0 Å². The number of aryl methyl sites for hydroxylation is 4. The maximum Gasteiger partial charge on any atom is 0.169 e. The van der Waals surface area contributed by atoms with Gasteiger partial charge in [0.2, 0.25) is 0 Å². The molecular weight excluding hydrogens is 721 g/mol. The van der Waals surface area contributed by atoms with Gasteiger partial charge in [0, 0.05) is 37.1 Å². The largest absolute Gasteiger partial charge is 0.747 e. The number of anilines is 4. The van der Waals surface area contributed by atoms with E-state index in [0.29, 0.717) is 22.7 Å². The fourth-order valence-corrected chi connectivity index (χ4v) is 7.70. The Kier molecular flexibility index (Phi) is 12.5. The van der Waals surface area contributed by atoms with Crippen LogP contribution >= 0.6 is 0 Å². The molecule has 278 valence electrons. The van der Waals surface area contributed by atoms with E-state index in [1.807, 2.05) is 0 Å². The zero-order valence-corrected chi connectivity index (χ0v) is 31.4. The fourth-order valence-electron chi connectivity index (χ4n) is 6.51. The van der Waals surface area contributed by atoms with Crippen molar-refractivity contribution in [3.05, 3.63) is 169 Å². The topological polar surface area (TPSA) is 129 Å². The van der Waals surface area contributed by atoms with E-state index in [4.69, 9.17) is 0 Å². The van der Waals surface area contributed by atoms with Crippen molar-refractivity contribution in [1.29, 1.82) is 0 Å². The molecule has 10 nitrogen and oxygen atoms in total. The van der Waals surface area contributed by atoms with Gasteiger partial charge in [-0.2, -0.15) is 0 Å². The van der Waals surface area contributed by atoms with Gasteiger partial charge in [-0.3, -0.25) is 0 Å². The van der Waals surface area contributed by atoms with Gasteiger partial charge in [-0.05, 0) is 59.4 Å². The van der Waals surface area contributed by atoms with Crippen LogP contribution in [0, 0.1) is 0 Å². The van der Waals surface area contributed by atoms with Crippen LogP contribution in [0.4, 0.5) is 22.7 Å². The molecule has 1 aliphatic rings. The number of hydrogen-bond acceptors (Lipinski definition) is 8. The van der Waals surface area contributed by atoms with Crippen LogP contribution in [0.5, 0.6) is 0 Å². The van der Waals surface area contributed by atoms with Crippen molar-refractivity contribution in [3.63, 3.8) is 0 Å². The summed E-state index contributed by atoms with van der Waals surface area (Å²) in [7, 11) is -9.17. The molecule has 0 atom stereocenters. The van der Waals surface area contributed by atoms with Crippen LogP contribution in [0.25, 0.3) is 11.1 Å². The minimum Gasteiger partial charge on any atom is -0.747 e. The summed E-state index contributed by atoms with van der Waals surface area (Å²) in [6, 6.07) is 43.0. The van der Waals surface area contributed by atoms with Crippen molar-refractivity contribution in [3.8, 4) is 11.1 Å². The van der Waals surface area contributed by atoms with E-state index >= 15 is 0 Å². The molecule has 0 saturated heterocycles. The lowest BCUT2D eigenvalue weighted by Gasteiger charge is -2.40. The number of hydrogen-bond donors (Lipinski definition) is 0. The Morgan fingerprint density at radius 2 is 0.722 bits per heavy atom. The molecule has 2 aromatic heterocycles. The molecular formula is C42H42N4O6S2. The standard InChI is InChI=1S/C28H30N2.C14H14N2O6S2/c1-3-9-25(10-4-1)13-7-19-29-21-15-27(16-22-29)28-17-23-30(24-18-28)20-8-14-26-11-5-2-6-12-26;17-23(18,19)9-15-11-5-1-2-6-12(11)16(10-24(20,21)22)14-8-4-3-7-13(14)15/h1-6,9-12,15-18,21-24H,7-8,13-14,19-20H2;1-8H,9-10H2,(H,17,18,19)(H,20,21,22)/q+2;/p-2. The maximum absolute atomic E-state index is 11.3. The number of rotatable bonds is 13. The van der Waals surface area contributed by atoms with Crippen LogP contribution < -0.4 is 18.9 Å². The summed E-state index contributed by atoms with van der Waals surface area (Å²) < 4.78 is 72.2. The molecule has 1 aliphatic heterocycles. The number of nitrogens with zero attached hydrogens (tertiary/aromatic N) is 4. The predicted molar refractivity (Wildman–Crippen MR) is 208 cm³/mol. The third kappa shape index (κ3) is 10.8. The van der Waals surface area contributed by atoms with Crippen molar-refractivity contribution in [2.45, 2.75) is 38.8 Å². The molecule has 0 aliphatic carbocycles. The molecule has 0 saturated carbocycles. The highest BCUT2D eigenvalue weighted by molar-refractivity contribution is 7.86. The van der Waals surface area contributed by atoms with Crippen LogP contribution in [0.15, 0.2) is 158 Å². The lowest BCUT2D eigenvalue weighted by Crippen LogP contribution is -2.35. The SMILES string of the molecule is O=S(=O)([O-])CN1c2ccccc2N(CS(=O)(=O)[O-])c2ccccc21.c1ccc(CCC[n+]2ccc(-c3cc[n+](CCCc4ccccc4)cc3)cc2)cc1.